The van der Waals surface area contributed by atoms with Crippen LogP contribution in [0, 0.1) is 13.8 Å². The molecular weight excluding hydrogens is 246 g/mol. The van der Waals surface area contributed by atoms with E-state index in [0.717, 1.165) is 17.0 Å². The molecule has 19 heavy (non-hydrogen) atoms. The maximum absolute atomic E-state index is 5.81. The third-order valence-corrected chi connectivity index (χ3v) is 2.92. The zero-order chi connectivity index (χ0) is 13.8. The first-order valence-corrected chi connectivity index (χ1v) is 5.93. The third kappa shape index (κ3) is 2.65. The number of benzene rings is 1. The van der Waals surface area contributed by atoms with E-state index >= 15 is 0 Å². The average Bonchev–Trinajstić information content (AvgIpc) is 2.75. The Morgan fingerprint density at radius 1 is 1.11 bits per heavy atom. The van der Waals surface area contributed by atoms with Gasteiger partial charge in [-0.1, -0.05) is 11.2 Å². The summed E-state index contributed by atoms with van der Waals surface area (Å²) in [5, 5.41) is 3.90. The fourth-order valence-electron chi connectivity index (χ4n) is 1.81. The predicted octanol–water partition coefficient (Wildman–Crippen LogP) is 2.89. The van der Waals surface area contributed by atoms with E-state index in [1.165, 1.54) is 0 Å². The van der Waals surface area contributed by atoms with Gasteiger partial charge in [-0.05, 0) is 26.0 Å². The van der Waals surface area contributed by atoms with Gasteiger partial charge in [0.05, 0.1) is 25.5 Å². The highest BCUT2D eigenvalue weighted by Gasteiger charge is 2.14. The van der Waals surface area contributed by atoms with Gasteiger partial charge in [0.15, 0.2) is 11.5 Å². The fourth-order valence-corrected chi connectivity index (χ4v) is 1.81. The van der Waals surface area contributed by atoms with Gasteiger partial charge in [-0.3, -0.25) is 0 Å². The molecular formula is C14H17NO4. The summed E-state index contributed by atoms with van der Waals surface area (Å²) in [4.78, 5) is 0. The second-order valence-electron chi connectivity index (χ2n) is 4.08. The smallest absolute Gasteiger partial charge is 0.203 e. The van der Waals surface area contributed by atoms with Crippen LogP contribution in [0.3, 0.4) is 0 Å². The summed E-state index contributed by atoms with van der Waals surface area (Å²) in [6.45, 7) is 4.10. The van der Waals surface area contributed by atoms with Crippen molar-refractivity contribution in [3.8, 4) is 17.2 Å². The van der Waals surface area contributed by atoms with Crippen LogP contribution in [0.15, 0.2) is 22.7 Å². The van der Waals surface area contributed by atoms with Gasteiger partial charge in [0.2, 0.25) is 5.75 Å². The molecule has 0 amide bonds. The highest BCUT2D eigenvalue weighted by Crippen LogP contribution is 2.37. The minimum Gasteiger partial charge on any atom is -0.493 e. The number of aromatic nitrogens is 1. The molecule has 1 aromatic heterocycles. The van der Waals surface area contributed by atoms with Crippen LogP contribution >= 0.6 is 0 Å². The van der Waals surface area contributed by atoms with Crippen molar-refractivity contribution in [2.24, 2.45) is 0 Å². The summed E-state index contributed by atoms with van der Waals surface area (Å²) in [6, 6.07) is 5.50. The average molecular weight is 263 g/mol. The van der Waals surface area contributed by atoms with Crippen LogP contribution in [0.1, 0.15) is 17.0 Å². The second-order valence-corrected chi connectivity index (χ2v) is 4.08. The second kappa shape index (κ2) is 5.65. The lowest BCUT2D eigenvalue weighted by molar-refractivity contribution is 0.263. The van der Waals surface area contributed by atoms with E-state index in [2.05, 4.69) is 5.16 Å². The molecule has 2 aromatic rings. The zero-order valence-corrected chi connectivity index (χ0v) is 11.5. The molecule has 0 atom stereocenters. The Bertz CT molecular complexity index is 521. The number of hydrogen-bond donors (Lipinski definition) is 0. The molecule has 0 fully saturated rings. The Balaban J connectivity index is 2.24. The van der Waals surface area contributed by atoms with Crippen molar-refractivity contribution in [3.63, 3.8) is 0 Å². The highest BCUT2D eigenvalue weighted by molar-refractivity contribution is 5.51. The molecule has 0 aliphatic carbocycles. The molecule has 5 nitrogen and oxygen atoms in total. The molecule has 0 radical (unpaired) electrons. The number of hydrogen-bond acceptors (Lipinski definition) is 5. The first-order valence-electron chi connectivity index (χ1n) is 5.93. The fraction of sp³-hybridized carbons (Fsp3) is 0.357. The van der Waals surface area contributed by atoms with Gasteiger partial charge in [-0.2, -0.15) is 0 Å². The van der Waals surface area contributed by atoms with E-state index in [1.807, 2.05) is 32.0 Å². The van der Waals surface area contributed by atoms with Crippen molar-refractivity contribution in [2.45, 2.75) is 20.5 Å². The van der Waals surface area contributed by atoms with Gasteiger partial charge in [-0.15, -0.1) is 0 Å². The normalized spacial score (nSPS) is 10.3. The molecule has 0 N–H and O–H groups in total. The lowest BCUT2D eigenvalue weighted by Gasteiger charge is -2.13. The molecule has 0 aliphatic rings. The van der Waals surface area contributed by atoms with Gasteiger partial charge in [0.25, 0.3) is 0 Å². The minimum atomic E-state index is 0.359. The van der Waals surface area contributed by atoms with Crippen LogP contribution in [0.5, 0.6) is 17.2 Å². The number of para-hydroxylation sites is 1. The Kier molecular flexibility index (Phi) is 3.94. The van der Waals surface area contributed by atoms with Gasteiger partial charge in [0, 0.05) is 0 Å². The Hall–Kier alpha value is -2.17. The van der Waals surface area contributed by atoms with Crippen molar-refractivity contribution in [3.05, 3.63) is 35.2 Å². The van der Waals surface area contributed by atoms with Gasteiger partial charge >= 0.3 is 0 Å². The lowest BCUT2D eigenvalue weighted by atomic mass is 10.2. The number of nitrogens with zero attached hydrogens (tertiary/aromatic N) is 1. The molecule has 1 aromatic carbocycles. The summed E-state index contributed by atoms with van der Waals surface area (Å²) in [5.41, 5.74) is 1.76. The van der Waals surface area contributed by atoms with Gasteiger partial charge in [-0.25, -0.2) is 0 Å². The summed E-state index contributed by atoms with van der Waals surface area (Å²) in [5.74, 6) is 2.59. The SMILES string of the molecule is COc1cccc(OC)c1OCc1c(C)noc1C. The summed E-state index contributed by atoms with van der Waals surface area (Å²) < 4.78 is 21.5. The summed E-state index contributed by atoms with van der Waals surface area (Å²) >= 11 is 0. The quantitative estimate of drug-likeness (QED) is 0.830. The van der Waals surface area contributed by atoms with Gasteiger partial charge in [0.1, 0.15) is 12.4 Å². The molecule has 0 spiro atoms. The van der Waals surface area contributed by atoms with E-state index in [0.29, 0.717) is 23.9 Å². The van der Waals surface area contributed by atoms with Crippen molar-refractivity contribution in [1.82, 2.24) is 5.16 Å². The molecule has 0 unspecified atom stereocenters. The molecule has 0 saturated carbocycles. The minimum absolute atomic E-state index is 0.359. The number of aryl methyl sites for hydroxylation is 2. The molecule has 2 rings (SSSR count). The maximum atomic E-state index is 5.81. The Morgan fingerprint density at radius 2 is 1.74 bits per heavy atom. The van der Waals surface area contributed by atoms with Crippen LogP contribution in [-0.4, -0.2) is 19.4 Å². The standard InChI is InChI=1S/C14H17NO4/c1-9-11(10(2)19-15-9)8-18-14-12(16-3)6-5-7-13(14)17-4/h5-7H,8H2,1-4H3. The number of ether oxygens (including phenoxy) is 3. The highest BCUT2D eigenvalue weighted by atomic mass is 16.5. The first kappa shape index (κ1) is 13.3. The van der Waals surface area contributed by atoms with Crippen LogP contribution in [-0.2, 0) is 6.61 Å². The summed E-state index contributed by atoms with van der Waals surface area (Å²) in [7, 11) is 3.19. The maximum Gasteiger partial charge on any atom is 0.203 e. The molecule has 102 valence electrons. The van der Waals surface area contributed by atoms with Crippen LogP contribution in [0.4, 0.5) is 0 Å². The van der Waals surface area contributed by atoms with Crippen molar-refractivity contribution < 1.29 is 18.7 Å². The number of methoxy groups -OCH3 is 2. The largest absolute Gasteiger partial charge is 0.493 e. The Morgan fingerprint density at radius 3 is 2.21 bits per heavy atom. The van der Waals surface area contributed by atoms with E-state index < -0.39 is 0 Å². The van der Waals surface area contributed by atoms with Crippen LogP contribution < -0.4 is 14.2 Å². The summed E-state index contributed by atoms with van der Waals surface area (Å²) in [6.07, 6.45) is 0. The van der Waals surface area contributed by atoms with Gasteiger partial charge < -0.3 is 18.7 Å². The van der Waals surface area contributed by atoms with Crippen LogP contribution in [0.2, 0.25) is 0 Å². The van der Waals surface area contributed by atoms with Crippen LogP contribution in [0.25, 0.3) is 0 Å². The monoisotopic (exact) mass is 263 g/mol. The Labute approximate surface area is 112 Å². The lowest BCUT2D eigenvalue weighted by Crippen LogP contribution is -2.01. The van der Waals surface area contributed by atoms with Crippen molar-refractivity contribution in [2.75, 3.05) is 14.2 Å². The van der Waals surface area contributed by atoms with Crippen molar-refractivity contribution >= 4 is 0 Å². The topological polar surface area (TPSA) is 53.7 Å². The van der Waals surface area contributed by atoms with E-state index in [4.69, 9.17) is 18.7 Å². The molecule has 0 bridgehead atoms. The zero-order valence-electron chi connectivity index (χ0n) is 11.5. The molecule has 5 heteroatoms. The molecule has 0 saturated heterocycles. The predicted molar refractivity (Wildman–Crippen MR) is 69.9 cm³/mol. The molecule has 0 aliphatic heterocycles. The first-order chi connectivity index (χ1) is 9.17. The van der Waals surface area contributed by atoms with Crippen molar-refractivity contribution in [1.29, 1.82) is 0 Å². The van der Waals surface area contributed by atoms with E-state index in [1.54, 1.807) is 14.2 Å². The number of rotatable bonds is 5. The molecule has 1 heterocycles. The third-order valence-electron chi connectivity index (χ3n) is 2.92. The van der Waals surface area contributed by atoms with E-state index in [9.17, 15) is 0 Å². The van der Waals surface area contributed by atoms with E-state index in [-0.39, 0.29) is 0 Å².